The molecular formula is C28H27NO4. The summed E-state index contributed by atoms with van der Waals surface area (Å²) in [6, 6.07) is 14.9. The maximum Gasteiger partial charge on any atom is 0.291 e. The average molecular weight is 442 g/mol. The van der Waals surface area contributed by atoms with Gasteiger partial charge in [0.2, 0.25) is 5.76 Å². The Bertz CT molecular complexity index is 1420. The van der Waals surface area contributed by atoms with Crippen molar-refractivity contribution in [1.82, 2.24) is 4.90 Å². The second-order valence-electron chi connectivity index (χ2n) is 9.89. The highest BCUT2D eigenvalue weighted by molar-refractivity contribution is 5.99. The van der Waals surface area contributed by atoms with Crippen LogP contribution < -0.4 is 5.43 Å². The van der Waals surface area contributed by atoms with Gasteiger partial charge in [-0.2, -0.15) is 0 Å². The van der Waals surface area contributed by atoms with E-state index < -0.39 is 6.04 Å². The molecule has 5 rings (SSSR count). The van der Waals surface area contributed by atoms with Crippen LogP contribution in [0.4, 0.5) is 0 Å². The zero-order chi connectivity index (χ0) is 23.5. The summed E-state index contributed by atoms with van der Waals surface area (Å²) in [5.41, 5.74) is 4.76. The molecule has 0 unspecified atom stereocenters. The Hall–Kier alpha value is -3.60. The molecule has 1 aliphatic rings. The predicted molar refractivity (Wildman–Crippen MR) is 128 cm³/mol. The van der Waals surface area contributed by atoms with Crippen LogP contribution in [0.25, 0.3) is 11.0 Å². The normalized spacial score (nSPS) is 16.0. The Balaban J connectivity index is 1.72. The number of carbonyl (C=O) groups excluding carboxylic acids is 1. The Morgan fingerprint density at radius 1 is 0.970 bits per heavy atom. The smallest absolute Gasteiger partial charge is 0.291 e. The predicted octanol–water partition coefficient (Wildman–Crippen LogP) is 6.05. The number of rotatable bonds is 3. The molecule has 0 saturated carbocycles. The van der Waals surface area contributed by atoms with Crippen LogP contribution in [-0.2, 0) is 12.0 Å². The van der Waals surface area contributed by atoms with Crippen molar-refractivity contribution < 1.29 is 13.6 Å². The van der Waals surface area contributed by atoms with Gasteiger partial charge in [-0.1, -0.05) is 45.0 Å². The Kier molecular flexibility index (Phi) is 4.82. The van der Waals surface area contributed by atoms with Gasteiger partial charge in [0.1, 0.15) is 11.3 Å². The number of nitrogens with zero attached hydrogens (tertiary/aromatic N) is 1. The fourth-order valence-corrected chi connectivity index (χ4v) is 4.52. The first-order valence-electron chi connectivity index (χ1n) is 11.2. The molecule has 1 aliphatic heterocycles. The molecule has 0 bridgehead atoms. The molecule has 0 N–H and O–H groups in total. The zero-order valence-electron chi connectivity index (χ0n) is 19.6. The van der Waals surface area contributed by atoms with Gasteiger partial charge in [-0.15, -0.1) is 0 Å². The van der Waals surface area contributed by atoms with Crippen molar-refractivity contribution >= 4 is 16.9 Å². The minimum atomic E-state index is -0.547. The molecule has 2 aromatic carbocycles. The first kappa shape index (κ1) is 21.3. The number of benzene rings is 2. The number of aryl methyl sites for hydroxylation is 2. The molecule has 4 aromatic rings. The molecule has 0 spiro atoms. The third kappa shape index (κ3) is 3.48. The highest BCUT2D eigenvalue weighted by Gasteiger charge is 2.43. The lowest BCUT2D eigenvalue weighted by Crippen LogP contribution is -2.29. The number of fused-ring (bicyclic) bond motifs is 2. The summed E-state index contributed by atoms with van der Waals surface area (Å²) < 4.78 is 11.6. The van der Waals surface area contributed by atoms with Crippen molar-refractivity contribution in [1.29, 1.82) is 0 Å². The number of furan rings is 1. The Labute approximate surface area is 192 Å². The van der Waals surface area contributed by atoms with Crippen LogP contribution in [0.5, 0.6) is 0 Å². The number of hydrogen-bond acceptors (Lipinski definition) is 4. The Morgan fingerprint density at radius 2 is 1.67 bits per heavy atom. The lowest BCUT2D eigenvalue weighted by molar-refractivity contribution is 0.0701. The van der Waals surface area contributed by atoms with Crippen LogP contribution in [0.2, 0.25) is 0 Å². The van der Waals surface area contributed by atoms with Gasteiger partial charge < -0.3 is 13.7 Å². The van der Waals surface area contributed by atoms with Gasteiger partial charge in [0.25, 0.3) is 5.91 Å². The number of amides is 1. The van der Waals surface area contributed by atoms with E-state index in [-0.39, 0.29) is 29.1 Å². The second kappa shape index (κ2) is 7.48. The van der Waals surface area contributed by atoms with E-state index in [1.54, 1.807) is 17.2 Å². The molecule has 3 heterocycles. The lowest BCUT2D eigenvalue weighted by Gasteiger charge is -2.25. The molecule has 0 saturated heterocycles. The van der Waals surface area contributed by atoms with Crippen LogP contribution in [0.3, 0.4) is 0 Å². The zero-order valence-corrected chi connectivity index (χ0v) is 19.6. The summed E-state index contributed by atoms with van der Waals surface area (Å²) in [5, 5.41) is 0.501. The largest absolute Gasteiger partial charge is 0.467 e. The quantitative estimate of drug-likeness (QED) is 0.388. The third-order valence-electron chi connectivity index (χ3n) is 6.58. The number of hydrogen-bond donors (Lipinski definition) is 0. The molecule has 0 aliphatic carbocycles. The van der Waals surface area contributed by atoms with Crippen molar-refractivity contribution in [3.8, 4) is 0 Å². The van der Waals surface area contributed by atoms with Crippen molar-refractivity contribution in [2.45, 2.75) is 52.6 Å². The molecule has 168 valence electrons. The van der Waals surface area contributed by atoms with E-state index in [9.17, 15) is 9.59 Å². The van der Waals surface area contributed by atoms with E-state index in [0.717, 1.165) is 16.7 Å². The lowest BCUT2D eigenvalue weighted by atomic mass is 9.86. The monoisotopic (exact) mass is 441 g/mol. The summed E-state index contributed by atoms with van der Waals surface area (Å²) in [6.45, 7) is 10.7. The van der Waals surface area contributed by atoms with E-state index >= 15 is 0 Å². The average Bonchev–Trinajstić information content (AvgIpc) is 3.37. The van der Waals surface area contributed by atoms with Crippen LogP contribution in [0, 0.1) is 13.8 Å². The fourth-order valence-electron chi connectivity index (χ4n) is 4.52. The SMILES string of the molecule is Cc1cc2oc3c(c(=O)c2cc1C)[C@H](c1ccc(C(C)(C)C)cc1)N(Cc1ccco1)C3=O. The fraction of sp³-hybridized carbons (Fsp3) is 0.286. The van der Waals surface area contributed by atoms with Gasteiger partial charge in [-0.25, -0.2) is 0 Å². The van der Waals surface area contributed by atoms with Crippen LogP contribution >= 0.6 is 0 Å². The van der Waals surface area contributed by atoms with Crippen molar-refractivity contribution in [3.63, 3.8) is 0 Å². The van der Waals surface area contributed by atoms with Gasteiger partial charge in [0.15, 0.2) is 5.43 Å². The van der Waals surface area contributed by atoms with Crippen molar-refractivity contribution in [2.24, 2.45) is 0 Å². The molecule has 1 atom stereocenters. The third-order valence-corrected chi connectivity index (χ3v) is 6.58. The van der Waals surface area contributed by atoms with E-state index in [2.05, 4.69) is 32.9 Å². The maximum atomic E-state index is 13.7. The topological polar surface area (TPSA) is 63.7 Å². The summed E-state index contributed by atoms with van der Waals surface area (Å²) in [7, 11) is 0. The molecular weight excluding hydrogens is 414 g/mol. The standard InChI is InChI=1S/C28H27NO4/c1-16-13-21-22(14-17(16)2)33-26-23(25(21)30)24(18-8-10-19(11-9-18)28(3,4)5)29(27(26)31)15-20-7-6-12-32-20/h6-14,24H,15H2,1-5H3/t24-/m0/s1. The van der Waals surface area contributed by atoms with Crippen LogP contribution in [0.15, 0.2) is 68.4 Å². The Morgan fingerprint density at radius 3 is 2.30 bits per heavy atom. The minimum absolute atomic E-state index is 0.000402. The van der Waals surface area contributed by atoms with E-state index in [4.69, 9.17) is 8.83 Å². The summed E-state index contributed by atoms with van der Waals surface area (Å²) in [6.07, 6.45) is 1.58. The van der Waals surface area contributed by atoms with Gasteiger partial charge in [-0.3, -0.25) is 9.59 Å². The van der Waals surface area contributed by atoms with E-state index in [0.29, 0.717) is 22.3 Å². The summed E-state index contributed by atoms with van der Waals surface area (Å²) >= 11 is 0. The highest BCUT2D eigenvalue weighted by atomic mass is 16.3. The molecule has 0 radical (unpaired) electrons. The second-order valence-corrected chi connectivity index (χ2v) is 9.89. The maximum absolute atomic E-state index is 13.7. The van der Waals surface area contributed by atoms with Gasteiger partial charge in [-0.05, 0) is 65.8 Å². The molecule has 5 heteroatoms. The van der Waals surface area contributed by atoms with Gasteiger partial charge >= 0.3 is 0 Å². The highest BCUT2D eigenvalue weighted by Crippen LogP contribution is 2.40. The van der Waals surface area contributed by atoms with Crippen molar-refractivity contribution in [3.05, 3.63) is 104 Å². The summed E-state index contributed by atoms with van der Waals surface area (Å²) in [4.78, 5) is 28.9. The minimum Gasteiger partial charge on any atom is -0.467 e. The molecule has 0 fully saturated rings. The molecule has 33 heavy (non-hydrogen) atoms. The number of carbonyl (C=O) groups is 1. The first-order chi connectivity index (χ1) is 15.6. The van der Waals surface area contributed by atoms with Gasteiger partial charge in [0.05, 0.1) is 29.8 Å². The first-order valence-corrected chi connectivity index (χ1v) is 11.2. The molecule has 5 nitrogen and oxygen atoms in total. The van der Waals surface area contributed by atoms with Crippen molar-refractivity contribution in [2.75, 3.05) is 0 Å². The molecule has 1 amide bonds. The summed E-state index contributed by atoms with van der Waals surface area (Å²) in [5.74, 6) is 0.465. The van der Waals surface area contributed by atoms with Crippen LogP contribution in [0.1, 0.15) is 70.9 Å². The van der Waals surface area contributed by atoms with E-state index in [1.807, 2.05) is 44.2 Å². The molecule has 2 aromatic heterocycles. The van der Waals surface area contributed by atoms with E-state index in [1.165, 1.54) is 5.56 Å². The van der Waals surface area contributed by atoms with Gasteiger partial charge in [0, 0.05) is 0 Å². The van der Waals surface area contributed by atoms with Crippen LogP contribution in [-0.4, -0.2) is 10.8 Å².